The number of anilines is 1. The zero-order chi connectivity index (χ0) is 16.3. The average molecular weight is 303 g/mol. The Morgan fingerprint density at radius 1 is 1.23 bits per heavy atom. The fourth-order valence-electron chi connectivity index (χ4n) is 3.22. The number of carboxylic acid groups (broad SMARTS) is 1. The van der Waals surface area contributed by atoms with Crippen LogP contribution in [0.2, 0.25) is 0 Å². The number of benzene rings is 1. The van der Waals surface area contributed by atoms with Crippen molar-refractivity contribution in [1.82, 2.24) is 0 Å². The topological polar surface area (TPSA) is 66.4 Å². The highest BCUT2D eigenvalue weighted by atomic mass is 16.4. The molecule has 0 saturated heterocycles. The molecule has 0 spiro atoms. The number of hydrogen-bond acceptors (Lipinski definition) is 2. The van der Waals surface area contributed by atoms with Crippen LogP contribution in [0.5, 0.6) is 0 Å². The van der Waals surface area contributed by atoms with E-state index in [0.717, 1.165) is 29.7 Å². The van der Waals surface area contributed by atoms with Crippen LogP contribution in [0, 0.1) is 18.8 Å². The Labute approximate surface area is 131 Å². The summed E-state index contributed by atoms with van der Waals surface area (Å²) in [6.07, 6.45) is 2.71. The Balaban J connectivity index is 2.14. The zero-order valence-corrected chi connectivity index (χ0v) is 13.6. The van der Waals surface area contributed by atoms with Crippen molar-refractivity contribution in [1.29, 1.82) is 0 Å². The lowest BCUT2D eigenvalue weighted by Crippen LogP contribution is -2.31. The van der Waals surface area contributed by atoms with E-state index in [9.17, 15) is 9.59 Å². The van der Waals surface area contributed by atoms with E-state index in [0.29, 0.717) is 18.8 Å². The first-order valence-corrected chi connectivity index (χ1v) is 8.03. The van der Waals surface area contributed by atoms with Gasteiger partial charge in [0.15, 0.2) is 0 Å². The number of para-hydroxylation sites is 1. The summed E-state index contributed by atoms with van der Waals surface area (Å²) in [5.74, 6) is -1.08. The molecular formula is C18H25NO3. The SMILES string of the molecule is Cc1cccc(C(C)C)c1NC(=O)C1CCCC(C(=O)O)C1. The molecule has 1 aliphatic rings. The summed E-state index contributed by atoms with van der Waals surface area (Å²) in [5, 5.41) is 12.2. The van der Waals surface area contributed by atoms with E-state index >= 15 is 0 Å². The van der Waals surface area contributed by atoms with Crippen molar-refractivity contribution in [3.63, 3.8) is 0 Å². The molecular weight excluding hydrogens is 278 g/mol. The van der Waals surface area contributed by atoms with Gasteiger partial charge in [-0.25, -0.2) is 0 Å². The Hall–Kier alpha value is -1.84. The second-order valence-electron chi connectivity index (χ2n) is 6.58. The highest BCUT2D eigenvalue weighted by molar-refractivity contribution is 5.94. The van der Waals surface area contributed by atoms with Crippen LogP contribution in [0.15, 0.2) is 18.2 Å². The van der Waals surface area contributed by atoms with Crippen molar-refractivity contribution < 1.29 is 14.7 Å². The maximum atomic E-state index is 12.6. The fourth-order valence-corrected chi connectivity index (χ4v) is 3.22. The Morgan fingerprint density at radius 3 is 2.55 bits per heavy atom. The van der Waals surface area contributed by atoms with Gasteiger partial charge in [0.1, 0.15) is 0 Å². The maximum absolute atomic E-state index is 12.6. The molecule has 4 nitrogen and oxygen atoms in total. The lowest BCUT2D eigenvalue weighted by atomic mass is 9.81. The van der Waals surface area contributed by atoms with Crippen LogP contribution in [0.4, 0.5) is 5.69 Å². The van der Waals surface area contributed by atoms with Crippen molar-refractivity contribution in [2.75, 3.05) is 5.32 Å². The number of carbonyl (C=O) groups excluding carboxylic acids is 1. The standard InChI is InChI=1S/C18H25NO3/c1-11(2)15-9-4-6-12(3)16(15)19-17(20)13-7-5-8-14(10-13)18(21)22/h4,6,9,11,13-14H,5,7-8,10H2,1-3H3,(H,19,20)(H,21,22). The molecule has 4 heteroatoms. The van der Waals surface area contributed by atoms with Crippen molar-refractivity contribution >= 4 is 17.6 Å². The van der Waals surface area contributed by atoms with Gasteiger partial charge in [-0.05, 0) is 43.2 Å². The number of hydrogen-bond donors (Lipinski definition) is 2. The summed E-state index contributed by atoms with van der Waals surface area (Å²) >= 11 is 0. The highest BCUT2D eigenvalue weighted by Crippen LogP contribution is 2.32. The molecule has 0 aliphatic heterocycles. The minimum atomic E-state index is -0.781. The van der Waals surface area contributed by atoms with Crippen molar-refractivity contribution in [3.8, 4) is 0 Å². The third-order valence-corrected chi connectivity index (χ3v) is 4.57. The smallest absolute Gasteiger partial charge is 0.306 e. The van der Waals surface area contributed by atoms with Crippen LogP contribution in [-0.4, -0.2) is 17.0 Å². The number of rotatable bonds is 4. The van der Waals surface area contributed by atoms with Gasteiger partial charge in [0.25, 0.3) is 0 Å². The molecule has 1 saturated carbocycles. The predicted molar refractivity (Wildman–Crippen MR) is 87.0 cm³/mol. The fraction of sp³-hybridized carbons (Fsp3) is 0.556. The van der Waals surface area contributed by atoms with E-state index in [1.165, 1.54) is 0 Å². The van der Waals surface area contributed by atoms with E-state index < -0.39 is 5.97 Å². The first-order chi connectivity index (χ1) is 10.4. The lowest BCUT2D eigenvalue weighted by molar-refractivity contribution is -0.143. The van der Waals surface area contributed by atoms with Crippen LogP contribution >= 0.6 is 0 Å². The van der Waals surface area contributed by atoms with E-state index in [1.807, 2.05) is 25.1 Å². The van der Waals surface area contributed by atoms with Gasteiger partial charge in [0.2, 0.25) is 5.91 Å². The summed E-state index contributed by atoms with van der Waals surface area (Å²) in [5.41, 5.74) is 3.06. The van der Waals surface area contributed by atoms with Crippen LogP contribution in [-0.2, 0) is 9.59 Å². The number of aryl methyl sites for hydroxylation is 1. The Morgan fingerprint density at radius 2 is 1.91 bits per heavy atom. The number of carbonyl (C=O) groups is 2. The van der Waals surface area contributed by atoms with Crippen molar-refractivity contribution in [2.45, 2.75) is 52.4 Å². The summed E-state index contributed by atoms with van der Waals surface area (Å²) in [6.45, 7) is 6.19. The molecule has 2 unspecified atom stereocenters. The minimum Gasteiger partial charge on any atom is -0.481 e. The van der Waals surface area contributed by atoms with Crippen LogP contribution in [0.25, 0.3) is 0 Å². The van der Waals surface area contributed by atoms with Gasteiger partial charge < -0.3 is 10.4 Å². The number of amides is 1. The molecule has 0 aromatic heterocycles. The van der Waals surface area contributed by atoms with Crippen LogP contribution < -0.4 is 5.32 Å². The number of carboxylic acids is 1. The third-order valence-electron chi connectivity index (χ3n) is 4.57. The van der Waals surface area contributed by atoms with Gasteiger partial charge >= 0.3 is 5.97 Å². The first kappa shape index (κ1) is 16.5. The molecule has 1 aliphatic carbocycles. The molecule has 1 aromatic carbocycles. The Bertz CT molecular complexity index is 565. The van der Waals surface area contributed by atoms with E-state index in [1.54, 1.807) is 0 Å². The molecule has 0 heterocycles. The number of aliphatic carboxylic acids is 1. The largest absolute Gasteiger partial charge is 0.481 e. The third kappa shape index (κ3) is 3.67. The molecule has 22 heavy (non-hydrogen) atoms. The van der Waals surface area contributed by atoms with Gasteiger partial charge in [0.05, 0.1) is 5.92 Å². The second kappa shape index (κ2) is 6.95. The van der Waals surface area contributed by atoms with Crippen LogP contribution in [0.3, 0.4) is 0 Å². The molecule has 1 amide bonds. The number of nitrogens with one attached hydrogen (secondary N) is 1. The van der Waals surface area contributed by atoms with Gasteiger partial charge in [-0.15, -0.1) is 0 Å². The van der Waals surface area contributed by atoms with Gasteiger partial charge in [-0.2, -0.15) is 0 Å². The maximum Gasteiger partial charge on any atom is 0.306 e. The van der Waals surface area contributed by atoms with Gasteiger partial charge in [-0.3, -0.25) is 9.59 Å². The molecule has 2 N–H and O–H groups in total. The summed E-state index contributed by atoms with van der Waals surface area (Å²) < 4.78 is 0. The van der Waals surface area contributed by atoms with E-state index in [-0.39, 0.29) is 17.7 Å². The van der Waals surface area contributed by atoms with Crippen LogP contribution in [0.1, 0.15) is 56.6 Å². The molecule has 1 aromatic rings. The Kier molecular flexibility index (Phi) is 5.22. The molecule has 120 valence electrons. The predicted octanol–water partition coefficient (Wildman–Crippen LogP) is 3.95. The summed E-state index contributed by atoms with van der Waals surface area (Å²) in [4.78, 5) is 23.7. The molecule has 1 fully saturated rings. The van der Waals surface area contributed by atoms with E-state index in [4.69, 9.17) is 5.11 Å². The van der Waals surface area contributed by atoms with Crippen molar-refractivity contribution in [3.05, 3.63) is 29.3 Å². The summed E-state index contributed by atoms with van der Waals surface area (Å²) in [6, 6.07) is 6.03. The summed E-state index contributed by atoms with van der Waals surface area (Å²) in [7, 11) is 0. The second-order valence-corrected chi connectivity index (χ2v) is 6.58. The molecule has 2 rings (SSSR count). The highest BCUT2D eigenvalue weighted by Gasteiger charge is 2.31. The monoisotopic (exact) mass is 303 g/mol. The quantitative estimate of drug-likeness (QED) is 0.885. The normalized spacial score (nSPS) is 21.6. The molecule has 2 atom stereocenters. The lowest BCUT2D eigenvalue weighted by Gasteiger charge is -2.26. The van der Waals surface area contributed by atoms with Gasteiger partial charge in [0, 0.05) is 11.6 Å². The first-order valence-electron chi connectivity index (χ1n) is 8.03. The zero-order valence-electron chi connectivity index (χ0n) is 13.6. The van der Waals surface area contributed by atoms with E-state index in [2.05, 4.69) is 19.2 Å². The average Bonchev–Trinajstić information content (AvgIpc) is 2.49. The molecule has 0 bridgehead atoms. The molecule has 0 radical (unpaired) electrons. The van der Waals surface area contributed by atoms with Gasteiger partial charge in [-0.1, -0.05) is 38.5 Å². The minimum absolute atomic E-state index is 0.0397. The van der Waals surface area contributed by atoms with Crippen molar-refractivity contribution in [2.24, 2.45) is 11.8 Å².